The quantitative estimate of drug-likeness (QED) is 0.376. The van der Waals surface area contributed by atoms with Crippen LogP contribution in [0.2, 0.25) is 0 Å². The van der Waals surface area contributed by atoms with E-state index in [1.165, 1.54) is 44.4 Å². The molecular formula is C25H24N2O7. The molecule has 3 aromatic rings. The van der Waals surface area contributed by atoms with E-state index >= 15 is 0 Å². The monoisotopic (exact) mass is 464 g/mol. The number of carbonyl (C=O) groups is 3. The Morgan fingerprint density at radius 2 is 1.35 bits per heavy atom. The Bertz CT molecular complexity index is 1220. The van der Waals surface area contributed by atoms with E-state index in [2.05, 4.69) is 10.6 Å². The molecule has 0 atom stereocenters. The van der Waals surface area contributed by atoms with Crippen LogP contribution in [0, 0.1) is 0 Å². The molecule has 9 nitrogen and oxygen atoms in total. The minimum atomic E-state index is -0.751. The lowest BCUT2D eigenvalue weighted by Crippen LogP contribution is -2.26. The highest BCUT2D eigenvalue weighted by Crippen LogP contribution is 2.30. The maximum atomic E-state index is 12.7. The molecular weight excluding hydrogens is 440 g/mol. The third-order valence-electron chi connectivity index (χ3n) is 4.84. The van der Waals surface area contributed by atoms with E-state index in [1.54, 1.807) is 0 Å². The molecule has 0 spiro atoms. The number of aromatic hydroxyl groups is 2. The minimum absolute atomic E-state index is 0.0109. The fourth-order valence-corrected chi connectivity index (χ4v) is 3.14. The Balaban J connectivity index is 1.61. The van der Waals surface area contributed by atoms with Gasteiger partial charge in [0, 0.05) is 32.1 Å². The molecule has 0 saturated carbocycles. The first-order valence-electron chi connectivity index (χ1n) is 10.3. The molecule has 0 fully saturated rings. The average molecular weight is 464 g/mol. The zero-order chi connectivity index (χ0) is 24.7. The van der Waals surface area contributed by atoms with Crippen molar-refractivity contribution in [2.24, 2.45) is 0 Å². The molecule has 0 radical (unpaired) electrons. The number of nitrogens with one attached hydrogen (secondary N) is 2. The van der Waals surface area contributed by atoms with Crippen LogP contribution in [0.3, 0.4) is 0 Å². The summed E-state index contributed by atoms with van der Waals surface area (Å²) < 4.78 is 10.2. The Kier molecular flexibility index (Phi) is 7.71. The van der Waals surface area contributed by atoms with Gasteiger partial charge >= 0.3 is 6.09 Å². The van der Waals surface area contributed by atoms with Crippen LogP contribution < -0.4 is 20.1 Å². The Morgan fingerprint density at radius 3 is 1.91 bits per heavy atom. The van der Waals surface area contributed by atoms with Crippen molar-refractivity contribution in [2.75, 3.05) is 7.11 Å². The molecule has 0 unspecified atom stereocenters. The summed E-state index contributed by atoms with van der Waals surface area (Å²) in [4.78, 5) is 35.9. The van der Waals surface area contributed by atoms with Gasteiger partial charge in [-0.1, -0.05) is 24.3 Å². The maximum Gasteiger partial charge on any atom is 0.412 e. The highest BCUT2D eigenvalue weighted by molar-refractivity contribution is 6.12. The lowest BCUT2D eigenvalue weighted by atomic mass is 10.0. The number of phenolic OH excluding ortho intramolecular Hbond substituents is 2. The van der Waals surface area contributed by atoms with Crippen molar-refractivity contribution in [3.05, 3.63) is 82.9 Å². The van der Waals surface area contributed by atoms with E-state index in [1.807, 2.05) is 24.3 Å². The van der Waals surface area contributed by atoms with Crippen LogP contribution >= 0.6 is 0 Å². The van der Waals surface area contributed by atoms with Gasteiger partial charge in [0.2, 0.25) is 5.91 Å². The predicted molar refractivity (Wildman–Crippen MR) is 123 cm³/mol. The van der Waals surface area contributed by atoms with Gasteiger partial charge < -0.3 is 30.3 Å². The first kappa shape index (κ1) is 24.1. The van der Waals surface area contributed by atoms with Gasteiger partial charge in [0.1, 0.15) is 23.0 Å². The normalized spacial score (nSPS) is 10.3. The van der Waals surface area contributed by atoms with Crippen molar-refractivity contribution in [1.82, 2.24) is 10.6 Å². The van der Waals surface area contributed by atoms with E-state index < -0.39 is 17.6 Å². The highest BCUT2D eigenvalue weighted by atomic mass is 16.6. The number of amides is 2. The zero-order valence-corrected chi connectivity index (χ0v) is 18.6. The number of hydrogen-bond acceptors (Lipinski definition) is 7. The molecule has 0 saturated heterocycles. The van der Waals surface area contributed by atoms with Crippen molar-refractivity contribution in [3.8, 4) is 23.0 Å². The summed E-state index contributed by atoms with van der Waals surface area (Å²) in [5, 5.41) is 25.7. The molecule has 0 aliphatic heterocycles. The van der Waals surface area contributed by atoms with Gasteiger partial charge in [0.15, 0.2) is 5.78 Å². The van der Waals surface area contributed by atoms with Gasteiger partial charge in [0.05, 0.1) is 18.2 Å². The molecule has 3 aromatic carbocycles. The third kappa shape index (κ3) is 6.26. The van der Waals surface area contributed by atoms with Crippen LogP contribution in [-0.2, 0) is 17.9 Å². The van der Waals surface area contributed by atoms with Gasteiger partial charge in [-0.15, -0.1) is 0 Å². The van der Waals surface area contributed by atoms with E-state index in [4.69, 9.17) is 9.47 Å². The van der Waals surface area contributed by atoms with Crippen LogP contribution in [0.25, 0.3) is 0 Å². The van der Waals surface area contributed by atoms with Gasteiger partial charge in [-0.05, 0) is 35.4 Å². The highest BCUT2D eigenvalue weighted by Gasteiger charge is 2.19. The number of ketones is 1. The standard InChI is InChI=1S/C25H24N2O7/c1-15(28)26-13-16-4-3-5-17(10-16)14-27-25(32)34-19-7-9-21(23(30)12-19)24(31)20-8-6-18(33-2)11-22(20)29/h3-12,29-30H,13-14H2,1-2H3,(H,26,28)(H,27,32). The lowest BCUT2D eigenvalue weighted by molar-refractivity contribution is -0.119. The van der Waals surface area contributed by atoms with Crippen LogP contribution in [0.1, 0.15) is 34.0 Å². The first-order valence-corrected chi connectivity index (χ1v) is 10.3. The van der Waals surface area contributed by atoms with Gasteiger partial charge in [-0.2, -0.15) is 0 Å². The average Bonchev–Trinajstić information content (AvgIpc) is 2.81. The van der Waals surface area contributed by atoms with E-state index in [0.29, 0.717) is 12.3 Å². The summed E-state index contributed by atoms with van der Waals surface area (Å²) in [7, 11) is 1.43. The molecule has 2 amide bonds. The maximum absolute atomic E-state index is 12.7. The summed E-state index contributed by atoms with van der Waals surface area (Å²) in [6.07, 6.45) is -0.751. The number of methoxy groups -OCH3 is 1. The Hall–Kier alpha value is -4.53. The zero-order valence-electron chi connectivity index (χ0n) is 18.6. The van der Waals surface area contributed by atoms with Gasteiger partial charge in [-0.3, -0.25) is 9.59 Å². The molecule has 0 aliphatic carbocycles. The van der Waals surface area contributed by atoms with Gasteiger partial charge in [0.25, 0.3) is 0 Å². The molecule has 0 aromatic heterocycles. The molecule has 0 aliphatic rings. The second kappa shape index (κ2) is 10.9. The smallest absolute Gasteiger partial charge is 0.412 e. The summed E-state index contributed by atoms with van der Waals surface area (Å²) >= 11 is 0. The van der Waals surface area contributed by atoms with Crippen molar-refractivity contribution < 1.29 is 34.1 Å². The van der Waals surface area contributed by atoms with Crippen molar-refractivity contribution in [3.63, 3.8) is 0 Å². The van der Waals surface area contributed by atoms with E-state index in [-0.39, 0.29) is 35.1 Å². The topological polar surface area (TPSA) is 134 Å². The van der Waals surface area contributed by atoms with Crippen molar-refractivity contribution in [2.45, 2.75) is 20.0 Å². The molecule has 0 heterocycles. The first-order chi connectivity index (χ1) is 16.3. The number of carbonyl (C=O) groups excluding carboxylic acids is 3. The number of phenols is 2. The Morgan fingerprint density at radius 1 is 0.794 bits per heavy atom. The third-order valence-corrected chi connectivity index (χ3v) is 4.84. The summed E-state index contributed by atoms with van der Waals surface area (Å²) in [5.41, 5.74) is 1.62. The molecule has 0 bridgehead atoms. The summed E-state index contributed by atoms with van der Waals surface area (Å²) in [5.74, 6) is -1.02. The second-order valence-electron chi connectivity index (χ2n) is 7.36. The molecule has 176 valence electrons. The van der Waals surface area contributed by atoms with Crippen LogP contribution in [0.4, 0.5) is 4.79 Å². The van der Waals surface area contributed by atoms with Gasteiger partial charge in [-0.25, -0.2) is 4.79 Å². The number of benzene rings is 3. The molecule has 4 N–H and O–H groups in total. The van der Waals surface area contributed by atoms with Crippen molar-refractivity contribution >= 4 is 17.8 Å². The van der Waals surface area contributed by atoms with Crippen LogP contribution in [0.5, 0.6) is 23.0 Å². The second-order valence-corrected chi connectivity index (χ2v) is 7.36. The molecule has 9 heteroatoms. The van der Waals surface area contributed by atoms with Crippen LogP contribution in [0.15, 0.2) is 60.7 Å². The summed E-state index contributed by atoms with van der Waals surface area (Å²) in [6, 6.07) is 15.3. The number of rotatable bonds is 8. The number of ether oxygens (including phenoxy) is 2. The minimum Gasteiger partial charge on any atom is -0.507 e. The fourth-order valence-electron chi connectivity index (χ4n) is 3.14. The van der Waals surface area contributed by atoms with E-state index in [0.717, 1.165) is 17.2 Å². The predicted octanol–water partition coefficient (Wildman–Crippen LogP) is 3.26. The SMILES string of the molecule is COc1ccc(C(=O)c2ccc(OC(=O)NCc3cccc(CNC(C)=O)c3)cc2O)c(O)c1. The fraction of sp³-hybridized carbons (Fsp3) is 0.160. The lowest BCUT2D eigenvalue weighted by Gasteiger charge is -2.10. The van der Waals surface area contributed by atoms with Crippen molar-refractivity contribution in [1.29, 1.82) is 0 Å². The van der Waals surface area contributed by atoms with Crippen LogP contribution in [-0.4, -0.2) is 35.1 Å². The van der Waals surface area contributed by atoms with E-state index in [9.17, 15) is 24.6 Å². The number of hydrogen-bond donors (Lipinski definition) is 4. The Labute approximate surface area is 196 Å². The summed E-state index contributed by atoms with van der Waals surface area (Å²) in [6.45, 7) is 2.00. The molecule has 3 rings (SSSR count). The largest absolute Gasteiger partial charge is 0.507 e. The molecule has 34 heavy (non-hydrogen) atoms.